The Morgan fingerprint density at radius 1 is 1.25 bits per heavy atom. The minimum atomic E-state index is -0.769. The first-order valence-electron chi connectivity index (χ1n) is 7.74. The van der Waals surface area contributed by atoms with Gasteiger partial charge in [0.15, 0.2) is 0 Å². The van der Waals surface area contributed by atoms with Crippen LogP contribution in [0.5, 0.6) is 0 Å². The van der Waals surface area contributed by atoms with E-state index >= 15 is 0 Å². The van der Waals surface area contributed by atoms with Crippen LogP contribution in [0.1, 0.15) is 51.4 Å². The second kappa shape index (κ2) is 6.57. The predicted molar refractivity (Wildman–Crippen MR) is 76.1 cm³/mol. The summed E-state index contributed by atoms with van der Waals surface area (Å²) in [5, 5.41) is 8.82. The number of nitrogens with two attached hydrogens (primary N) is 1. The molecule has 3 N–H and O–H groups in total. The number of carbonyl (C=O) groups excluding carboxylic acids is 1. The lowest BCUT2D eigenvalue weighted by atomic mass is 9.71. The summed E-state index contributed by atoms with van der Waals surface area (Å²) < 4.78 is 0. The molecular weight excluding hydrogens is 256 g/mol. The summed E-state index contributed by atoms with van der Waals surface area (Å²) in [5.74, 6) is -0.475. The molecule has 0 radical (unpaired) electrons. The molecule has 1 unspecified atom stereocenters. The lowest BCUT2D eigenvalue weighted by molar-refractivity contribution is -0.139. The molecule has 5 nitrogen and oxygen atoms in total. The van der Waals surface area contributed by atoms with Gasteiger partial charge in [-0.3, -0.25) is 9.59 Å². The molecule has 0 bridgehead atoms. The maximum atomic E-state index is 12.4. The molecule has 0 aromatic rings. The molecule has 0 aromatic carbocycles. The summed E-state index contributed by atoms with van der Waals surface area (Å²) in [6.07, 6.45) is 7.24. The quantitative estimate of drug-likeness (QED) is 0.802. The molecule has 1 saturated carbocycles. The molecule has 1 amide bonds. The van der Waals surface area contributed by atoms with Crippen molar-refractivity contribution in [3.63, 3.8) is 0 Å². The summed E-state index contributed by atoms with van der Waals surface area (Å²) in [4.78, 5) is 25.0. The minimum absolute atomic E-state index is 0.000216. The first-order valence-corrected chi connectivity index (χ1v) is 7.74. The van der Waals surface area contributed by atoms with Crippen LogP contribution in [-0.4, -0.2) is 41.5 Å². The first-order chi connectivity index (χ1) is 9.54. The van der Waals surface area contributed by atoms with E-state index in [0.717, 1.165) is 19.3 Å². The number of hydrogen-bond acceptors (Lipinski definition) is 3. The van der Waals surface area contributed by atoms with Gasteiger partial charge in [0.25, 0.3) is 0 Å². The van der Waals surface area contributed by atoms with Crippen molar-refractivity contribution >= 4 is 11.9 Å². The van der Waals surface area contributed by atoms with Crippen molar-refractivity contribution in [2.75, 3.05) is 19.6 Å². The van der Waals surface area contributed by atoms with Crippen LogP contribution < -0.4 is 5.73 Å². The number of nitrogens with zero attached hydrogens (tertiary/aromatic N) is 1. The smallest absolute Gasteiger partial charge is 0.303 e. The zero-order valence-electron chi connectivity index (χ0n) is 12.1. The topological polar surface area (TPSA) is 83.6 Å². The van der Waals surface area contributed by atoms with E-state index in [4.69, 9.17) is 10.8 Å². The van der Waals surface area contributed by atoms with Crippen LogP contribution in [0.4, 0.5) is 0 Å². The Hall–Kier alpha value is -1.10. The molecule has 1 heterocycles. The first kappa shape index (κ1) is 15.3. The van der Waals surface area contributed by atoms with Crippen LogP contribution in [-0.2, 0) is 9.59 Å². The van der Waals surface area contributed by atoms with Gasteiger partial charge in [-0.25, -0.2) is 0 Å². The van der Waals surface area contributed by atoms with Crippen molar-refractivity contribution in [1.29, 1.82) is 0 Å². The summed E-state index contributed by atoms with van der Waals surface area (Å²) in [5.41, 5.74) is 5.93. The minimum Gasteiger partial charge on any atom is -0.481 e. The summed E-state index contributed by atoms with van der Waals surface area (Å²) in [6.45, 7) is 1.90. The second-order valence-corrected chi connectivity index (χ2v) is 6.53. The molecule has 2 fully saturated rings. The van der Waals surface area contributed by atoms with E-state index < -0.39 is 5.97 Å². The number of rotatable bonds is 5. The average molecular weight is 282 g/mol. The monoisotopic (exact) mass is 282 g/mol. The fraction of sp³-hybridized carbons (Fsp3) is 0.867. The molecule has 1 saturated heterocycles. The maximum Gasteiger partial charge on any atom is 0.303 e. The lowest BCUT2D eigenvalue weighted by Gasteiger charge is -2.36. The molecule has 1 aliphatic carbocycles. The van der Waals surface area contributed by atoms with Crippen molar-refractivity contribution < 1.29 is 14.7 Å². The number of likely N-dealkylation sites (tertiary alicyclic amines) is 1. The third-order valence-electron chi connectivity index (χ3n) is 4.98. The van der Waals surface area contributed by atoms with Gasteiger partial charge < -0.3 is 15.7 Å². The molecule has 5 heteroatoms. The largest absolute Gasteiger partial charge is 0.481 e. The molecule has 114 valence electrons. The Balaban J connectivity index is 1.87. The number of carboxylic acids is 1. The number of amides is 1. The highest BCUT2D eigenvalue weighted by Gasteiger charge is 2.36. The highest BCUT2D eigenvalue weighted by Crippen LogP contribution is 2.39. The average Bonchev–Trinajstić information content (AvgIpc) is 2.87. The highest BCUT2D eigenvalue weighted by molar-refractivity contribution is 5.77. The van der Waals surface area contributed by atoms with Gasteiger partial charge in [-0.1, -0.05) is 19.3 Å². The van der Waals surface area contributed by atoms with Gasteiger partial charge in [0.2, 0.25) is 5.91 Å². The summed E-state index contributed by atoms with van der Waals surface area (Å²) in [7, 11) is 0. The third-order valence-corrected chi connectivity index (χ3v) is 4.98. The SMILES string of the molecule is NCC1(CC(=O)N2CCC(CC(=O)O)C2)CCCCC1. The van der Waals surface area contributed by atoms with E-state index in [0.29, 0.717) is 26.1 Å². The molecular formula is C15H26N2O3. The highest BCUT2D eigenvalue weighted by atomic mass is 16.4. The van der Waals surface area contributed by atoms with Crippen molar-refractivity contribution in [1.82, 2.24) is 4.90 Å². The van der Waals surface area contributed by atoms with E-state index in [9.17, 15) is 9.59 Å². The van der Waals surface area contributed by atoms with E-state index in [1.165, 1.54) is 19.3 Å². The van der Waals surface area contributed by atoms with E-state index in [1.807, 2.05) is 4.90 Å². The fourth-order valence-electron chi connectivity index (χ4n) is 3.66. The lowest BCUT2D eigenvalue weighted by Crippen LogP contribution is -2.40. The Bertz CT molecular complexity index is 364. The number of carboxylic acid groups (broad SMARTS) is 1. The van der Waals surface area contributed by atoms with Crippen LogP contribution in [0.15, 0.2) is 0 Å². The Morgan fingerprint density at radius 2 is 1.95 bits per heavy atom. The van der Waals surface area contributed by atoms with Gasteiger partial charge in [-0.15, -0.1) is 0 Å². The van der Waals surface area contributed by atoms with Crippen molar-refractivity contribution in [3.05, 3.63) is 0 Å². The maximum absolute atomic E-state index is 12.4. The van der Waals surface area contributed by atoms with Gasteiger partial charge in [0.05, 0.1) is 0 Å². The standard InChI is InChI=1S/C15H26N2O3/c16-11-15(5-2-1-3-6-15)9-13(18)17-7-4-12(10-17)8-14(19)20/h12H,1-11,16H2,(H,19,20). The van der Waals surface area contributed by atoms with Crippen molar-refractivity contribution in [3.8, 4) is 0 Å². The van der Waals surface area contributed by atoms with Gasteiger partial charge in [-0.05, 0) is 37.1 Å². The zero-order valence-corrected chi connectivity index (χ0v) is 12.1. The van der Waals surface area contributed by atoms with Crippen LogP contribution in [0.2, 0.25) is 0 Å². The fourth-order valence-corrected chi connectivity index (χ4v) is 3.66. The van der Waals surface area contributed by atoms with Crippen molar-refractivity contribution in [2.24, 2.45) is 17.1 Å². The second-order valence-electron chi connectivity index (χ2n) is 6.53. The van der Waals surface area contributed by atoms with E-state index in [1.54, 1.807) is 0 Å². The van der Waals surface area contributed by atoms with Gasteiger partial charge in [0, 0.05) is 25.9 Å². The Morgan fingerprint density at radius 3 is 2.55 bits per heavy atom. The van der Waals surface area contributed by atoms with Crippen LogP contribution in [0.3, 0.4) is 0 Å². The van der Waals surface area contributed by atoms with Crippen LogP contribution in [0, 0.1) is 11.3 Å². The summed E-state index contributed by atoms with van der Waals surface area (Å²) >= 11 is 0. The Labute approximate surface area is 120 Å². The van der Waals surface area contributed by atoms with E-state index in [2.05, 4.69) is 0 Å². The normalized spacial score (nSPS) is 25.6. The van der Waals surface area contributed by atoms with Crippen LogP contribution >= 0.6 is 0 Å². The molecule has 20 heavy (non-hydrogen) atoms. The predicted octanol–water partition coefficient (Wildman–Crippen LogP) is 1.61. The molecule has 1 atom stereocenters. The number of aliphatic carboxylic acids is 1. The van der Waals surface area contributed by atoms with Crippen molar-refractivity contribution in [2.45, 2.75) is 51.4 Å². The molecule has 2 rings (SSSR count). The van der Waals surface area contributed by atoms with E-state index in [-0.39, 0.29) is 23.7 Å². The van der Waals surface area contributed by atoms with Gasteiger partial charge >= 0.3 is 5.97 Å². The number of carbonyl (C=O) groups is 2. The molecule has 1 aliphatic heterocycles. The molecule has 0 spiro atoms. The third kappa shape index (κ3) is 3.72. The zero-order chi connectivity index (χ0) is 14.6. The Kier molecular flexibility index (Phi) is 5.02. The van der Waals surface area contributed by atoms with Gasteiger partial charge in [0.1, 0.15) is 0 Å². The molecule has 2 aliphatic rings. The number of hydrogen-bond donors (Lipinski definition) is 2. The summed E-state index contributed by atoms with van der Waals surface area (Å²) in [6, 6.07) is 0. The van der Waals surface area contributed by atoms with Gasteiger partial charge in [-0.2, -0.15) is 0 Å². The van der Waals surface area contributed by atoms with Crippen LogP contribution in [0.25, 0.3) is 0 Å². The molecule has 0 aromatic heterocycles.